The molecule has 2 aromatic carbocycles. The molecule has 0 unspecified atom stereocenters. The van der Waals surface area contributed by atoms with Crippen molar-refractivity contribution in [1.82, 2.24) is 10.2 Å². The first-order valence-electron chi connectivity index (χ1n) is 11.7. The van der Waals surface area contributed by atoms with E-state index in [1.165, 1.54) is 4.90 Å². The van der Waals surface area contributed by atoms with Gasteiger partial charge in [0.1, 0.15) is 18.3 Å². The average Bonchev–Trinajstić information content (AvgIpc) is 2.82. The number of benzene rings is 2. The summed E-state index contributed by atoms with van der Waals surface area (Å²) in [5.74, 6) is -0.548. The Morgan fingerprint density at radius 1 is 1.08 bits per heavy atom. The summed E-state index contributed by atoms with van der Waals surface area (Å²) in [4.78, 5) is 28.1. The Bertz CT molecular complexity index is 1160. The summed E-state index contributed by atoms with van der Waals surface area (Å²) in [7, 11) is -3.88. The van der Waals surface area contributed by atoms with E-state index in [2.05, 4.69) is 5.32 Å². The molecule has 2 rings (SSSR count). The van der Waals surface area contributed by atoms with Crippen molar-refractivity contribution in [1.29, 1.82) is 0 Å². The van der Waals surface area contributed by atoms with E-state index < -0.39 is 28.5 Å². The van der Waals surface area contributed by atoms with Gasteiger partial charge in [0.15, 0.2) is 0 Å². The Morgan fingerprint density at radius 2 is 1.78 bits per heavy atom. The SMILES string of the molecule is CCCNC(=O)[C@@H](CC)N(Cc1ccc(Cl)cc1Cl)C(=O)CN(c1ccccc1OCC)S(C)(=O)=O. The molecule has 0 saturated carbocycles. The van der Waals surface area contributed by atoms with Gasteiger partial charge < -0.3 is 15.0 Å². The second-order valence-electron chi connectivity index (χ2n) is 8.14. The van der Waals surface area contributed by atoms with Crippen molar-refractivity contribution in [3.05, 3.63) is 58.1 Å². The summed E-state index contributed by atoms with van der Waals surface area (Å²) in [6.45, 7) is 5.75. The van der Waals surface area contributed by atoms with E-state index in [-0.39, 0.29) is 18.1 Å². The van der Waals surface area contributed by atoms with Gasteiger partial charge in [-0.15, -0.1) is 0 Å². The number of nitrogens with zero attached hydrogens (tertiary/aromatic N) is 2. The molecule has 0 aliphatic carbocycles. The van der Waals surface area contributed by atoms with Crippen LogP contribution < -0.4 is 14.4 Å². The second kappa shape index (κ2) is 13.7. The molecule has 8 nitrogen and oxygen atoms in total. The molecule has 0 fully saturated rings. The van der Waals surface area contributed by atoms with Gasteiger partial charge in [0.25, 0.3) is 0 Å². The number of halogens is 2. The minimum atomic E-state index is -3.88. The molecule has 0 bridgehead atoms. The van der Waals surface area contributed by atoms with Gasteiger partial charge in [-0.3, -0.25) is 13.9 Å². The maximum Gasteiger partial charge on any atom is 0.244 e. The molecule has 0 saturated heterocycles. The van der Waals surface area contributed by atoms with Gasteiger partial charge in [-0.05, 0) is 49.6 Å². The number of rotatable bonds is 13. The van der Waals surface area contributed by atoms with Crippen molar-refractivity contribution >= 4 is 50.7 Å². The van der Waals surface area contributed by atoms with Gasteiger partial charge in [0.2, 0.25) is 21.8 Å². The second-order valence-corrected chi connectivity index (χ2v) is 10.9. The highest BCUT2D eigenvalue weighted by Crippen LogP contribution is 2.30. The van der Waals surface area contributed by atoms with Crippen LogP contribution in [0.25, 0.3) is 0 Å². The zero-order valence-corrected chi connectivity index (χ0v) is 23.3. The Morgan fingerprint density at radius 3 is 2.36 bits per heavy atom. The smallest absolute Gasteiger partial charge is 0.244 e. The van der Waals surface area contributed by atoms with E-state index in [9.17, 15) is 18.0 Å². The predicted octanol–water partition coefficient (Wildman–Crippen LogP) is 4.49. The van der Waals surface area contributed by atoms with E-state index in [1.807, 2.05) is 6.92 Å². The quantitative estimate of drug-likeness (QED) is 0.391. The molecule has 0 aliphatic rings. The Labute approximate surface area is 223 Å². The van der Waals surface area contributed by atoms with Crippen molar-refractivity contribution in [3.63, 3.8) is 0 Å². The van der Waals surface area contributed by atoms with Crippen LogP contribution in [-0.2, 0) is 26.2 Å². The molecule has 0 spiro atoms. The van der Waals surface area contributed by atoms with E-state index >= 15 is 0 Å². The molecule has 36 heavy (non-hydrogen) atoms. The fraction of sp³-hybridized carbons (Fsp3) is 0.440. The molecule has 2 amide bonds. The molecule has 1 N–H and O–H groups in total. The lowest BCUT2D eigenvalue weighted by Crippen LogP contribution is -2.52. The third-order valence-corrected chi connectivity index (χ3v) is 7.12. The summed E-state index contributed by atoms with van der Waals surface area (Å²) in [5, 5.41) is 3.60. The number of nitrogens with one attached hydrogen (secondary N) is 1. The maximum absolute atomic E-state index is 13.7. The number of carbonyl (C=O) groups excluding carboxylic acids is 2. The first-order valence-corrected chi connectivity index (χ1v) is 14.3. The molecule has 1 atom stereocenters. The fourth-order valence-corrected chi connectivity index (χ4v) is 4.98. The minimum Gasteiger partial charge on any atom is -0.492 e. The Hall–Kier alpha value is -2.49. The summed E-state index contributed by atoms with van der Waals surface area (Å²) in [6, 6.07) is 10.6. The van der Waals surface area contributed by atoms with Crippen LogP contribution in [0.5, 0.6) is 5.75 Å². The lowest BCUT2D eigenvalue weighted by atomic mass is 10.1. The standard InChI is InChI=1S/C25H33Cl2N3O5S/c1-5-14-28-25(32)21(6-2)29(16-18-12-13-19(26)15-20(18)27)24(31)17-30(36(4,33)34)22-10-8-9-11-23(22)35-7-3/h8-13,15,21H,5-7,14,16-17H2,1-4H3,(H,28,32)/t21-/m1/s1. The van der Waals surface area contributed by atoms with Crippen LogP contribution in [0.15, 0.2) is 42.5 Å². The van der Waals surface area contributed by atoms with Crippen molar-refractivity contribution in [2.75, 3.05) is 30.3 Å². The number of carbonyl (C=O) groups is 2. The minimum absolute atomic E-state index is 0.00238. The normalized spacial score (nSPS) is 12.1. The number of sulfonamides is 1. The largest absolute Gasteiger partial charge is 0.492 e. The Kier molecular flexibility index (Phi) is 11.3. The van der Waals surface area contributed by atoms with Gasteiger partial charge in [-0.2, -0.15) is 0 Å². The monoisotopic (exact) mass is 557 g/mol. The van der Waals surface area contributed by atoms with E-state index in [4.69, 9.17) is 27.9 Å². The topological polar surface area (TPSA) is 96.0 Å². The third kappa shape index (κ3) is 8.01. The van der Waals surface area contributed by atoms with Gasteiger partial charge in [-0.1, -0.05) is 55.2 Å². The summed E-state index contributed by atoms with van der Waals surface area (Å²) in [5.41, 5.74) is 0.819. The summed E-state index contributed by atoms with van der Waals surface area (Å²) < 4.78 is 32.2. The maximum atomic E-state index is 13.7. The molecule has 0 radical (unpaired) electrons. The van der Waals surface area contributed by atoms with Crippen LogP contribution in [0.4, 0.5) is 5.69 Å². The van der Waals surface area contributed by atoms with Gasteiger partial charge in [-0.25, -0.2) is 8.42 Å². The number of amides is 2. The highest BCUT2D eigenvalue weighted by Gasteiger charge is 2.32. The zero-order valence-electron chi connectivity index (χ0n) is 21.0. The number of anilines is 1. The first kappa shape index (κ1) is 29.7. The Balaban J connectivity index is 2.50. The van der Waals surface area contributed by atoms with Gasteiger partial charge in [0, 0.05) is 23.1 Å². The van der Waals surface area contributed by atoms with Crippen LogP contribution in [0, 0.1) is 0 Å². The van der Waals surface area contributed by atoms with Crippen molar-refractivity contribution in [2.24, 2.45) is 0 Å². The molecule has 11 heteroatoms. The first-order chi connectivity index (χ1) is 17.0. The number of ether oxygens (including phenoxy) is 1. The zero-order chi connectivity index (χ0) is 26.9. The summed E-state index contributed by atoms with van der Waals surface area (Å²) >= 11 is 12.4. The number of hydrogen-bond acceptors (Lipinski definition) is 5. The number of para-hydroxylation sites is 2. The molecule has 0 aromatic heterocycles. The van der Waals surface area contributed by atoms with Crippen LogP contribution in [0.2, 0.25) is 10.0 Å². The fourth-order valence-electron chi connectivity index (χ4n) is 3.65. The van der Waals surface area contributed by atoms with Gasteiger partial charge in [0.05, 0.1) is 18.6 Å². The van der Waals surface area contributed by atoms with Crippen molar-refractivity contribution < 1.29 is 22.7 Å². The van der Waals surface area contributed by atoms with E-state index in [1.54, 1.807) is 56.3 Å². The molecular weight excluding hydrogens is 525 g/mol. The predicted molar refractivity (Wildman–Crippen MR) is 144 cm³/mol. The van der Waals surface area contributed by atoms with Crippen LogP contribution in [-0.4, -0.2) is 57.1 Å². The highest BCUT2D eigenvalue weighted by molar-refractivity contribution is 7.92. The van der Waals surface area contributed by atoms with Gasteiger partial charge >= 0.3 is 0 Å². The molecule has 0 aliphatic heterocycles. The lowest BCUT2D eigenvalue weighted by Gasteiger charge is -2.33. The van der Waals surface area contributed by atoms with Crippen molar-refractivity contribution in [2.45, 2.75) is 46.2 Å². The van der Waals surface area contributed by atoms with Crippen LogP contribution >= 0.6 is 23.2 Å². The summed E-state index contributed by atoms with van der Waals surface area (Å²) in [6.07, 6.45) is 2.07. The van der Waals surface area contributed by atoms with E-state index in [0.717, 1.165) is 17.0 Å². The van der Waals surface area contributed by atoms with Crippen LogP contribution in [0.3, 0.4) is 0 Å². The molecular formula is C25H33Cl2N3O5S. The van der Waals surface area contributed by atoms with E-state index in [0.29, 0.717) is 40.9 Å². The van der Waals surface area contributed by atoms with Crippen LogP contribution in [0.1, 0.15) is 39.2 Å². The van der Waals surface area contributed by atoms with Crippen molar-refractivity contribution in [3.8, 4) is 5.75 Å². The average molecular weight is 559 g/mol. The molecule has 0 heterocycles. The number of hydrogen-bond donors (Lipinski definition) is 1. The molecule has 198 valence electrons. The third-order valence-electron chi connectivity index (χ3n) is 5.40. The lowest BCUT2D eigenvalue weighted by molar-refractivity contribution is -0.140. The molecule has 2 aromatic rings. The highest BCUT2D eigenvalue weighted by atomic mass is 35.5.